The SMILES string of the molecule is Cc1coc(=O)n1-c1ccc(Cl)c(Cl)c1. The Balaban J connectivity index is 2.65. The predicted octanol–water partition coefficient (Wildman–Crippen LogP) is 3.05. The summed E-state index contributed by atoms with van der Waals surface area (Å²) >= 11 is 11.6. The molecule has 15 heavy (non-hydrogen) atoms. The van der Waals surface area contributed by atoms with Gasteiger partial charge >= 0.3 is 5.76 Å². The highest BCUT2D eigenvalue weighted by Crippen LogP contribution is 2.24. The summed E-state index contributed by atoms with van der Waals surface area (Å²) in [5, 5.41) is 0.858. The van der Waals surface area contributed by atoms with E-state index < -0.39 is 5.76 Å². The van der Waals surface area contributed by atoms with E-state index in [4.69, 9.17) is 27.6 Å². The van der Waals surface area contributed by atoms with Crippen LogP contribution >= 0.6 is 23.2 Å². The number of oxazole rings is 1. The zero-order valence-electron chi connectivity index (χ0n) is 7.83. The van der Waals surface area contributed by atoms with Crippen LogP contribution in [0.5, 0.6) is 0 Å². The van der Waals surface area contributed by atoms with E-state index in [9.17, 15) is 4.79 Å². The van der Waals surface area contributed by atoms with Crippen LogP contribution in [-0.4, -0.2) is 4.57 Å². The number of halogens is 2. The monoisotopic (exact) mass is 243 g/mol. The van der Waals surface area contributed by atoms with Crippen LogP contribution in [0, 0.1) is 6.92 Å². The molecule has 0 aliphatic rings. The van der Waals surface area contributed by atoms with E-state index in [1.165, 1.54) is 10.8 Å². The first-order valence-corrected chi connectivity index (χ1v) is 4.98. The Labute approximate surface area is 95.8 Å². The van der Waals surface area contributed by atoms with E-state index in [0.29, 0.717) is 21.4 Å². The summed E-state index contributed by atoms with van der Waals surface area (Å²) in [5.74, 6) is -0.439. The largest absolute Gasteiger partial charge is 0.423 e. The average Bonchev–Trinajstić information content (AvgIpc) is 2.52. The van der Waals surface area contributed by atoms with Crippen molar-refractivity contribution in [3.8, 4) is 5.69 Å². The molecule has 0 saturated carbocycles. The first-order chi connectivity index (χ1) is 7.09. The zero-order valence-corrected chi connectivity index (χ0v) is 9.34. The van der Waals surface area contributed by atoms with Crippen LogP contribution < -0.4 is 5.76 Å². The maximum atomic E-state index is 11.4. The van der Waals surface area contributed by atoms with Crippen LogP contribution in [0.1, 0.15) is 5.69 Å². The molecule has 3 nitrogen and oxygen atoms in total. The molecule has 0 fully saturated rings. The second kappa shape index (κ2) is 3.76. The van der Waals surface area contributed by atoms with E-state index in [0.717, 1.165) is 0 Å². The van der Waals surface area contributed by atoms with Gasteiger partial charge in [-0.3, -0.25) is 0 Å². The Morgan fingerprint density at radius 1 is 1.27 bits per heavy atom. The van der Waals surface area contributed by atoms with Crippen LogP contribution in [-0.2, 0) is 0 Å². The molecule has 0 N–H and O–H groups in total. The standard InChI is InChI=1S/C10H7Cl2NO2/c1-6-5-15-10(14)13(6)7-2-3-8(11)9(12)4-7/h2-5H,1H3. The first-order valence-electron chi connectivity index (χ1n) is 4.22. The zero-order chi connectivity index (χ0) is 11.0. The Bertz CT molecular complexity index is 557. The summed E-state index contributed by atoms with van der Waals surface area (Å²) in [6.07, 6.45) is 1.39. The van der Waals surface area contributed by atoms with Gasteiger partial charge in [-0.1, -0.05) is 23.2 Å². The van der Waals surface area contributed by atoms with Crippen LogP contribution in [0.15, 0.2) is 33.7 Å². The van der Waals surface area contributed by atoms with Gasteiger partial charge < -0.3 is 4.42 Å². The summed E-state index contributed by atoms with van der Waals surface area (Å²) in [6.45, 7) is 1.77. The minimum absolute atomic E-state index is 0.404. The lowest BCUT2D eigenvalue weighted by atomic mass is 10.3. The number of aryl methyl sites for hydroxylation is 1. The number of hydrogen-bond donors (Lipinski definition) is 0. The van der Waals surface area contributed by atoms with Crippen molar-refractivity contribution in [2.75, 3.05) is 0 Å². The van der Waals surface area contributed by atoms with E-state index in [1.54, 1.807) is 25.1 Å². The van der Waals surface area contributed by atoms with Gasteiger partial charge in [-0.2, -0.15) is 0 Å². The summed E-state index contributed by atoms with van der Waals surface area (Å²) in [6, 6.07) is 4.96. The molecule has 0 aliphatic carbocycles. The van der Waals surface area contributed by atoms with Crippen LogP contribution in [0.3, 0.4) is 0 Å². The quantitative estimate of drug-likeness (QED) is 0.772. The van der Waals surface area contributed by atoms with Gasteiger partial charge in [0.05, 0.1) is 21.4 Å². The molecule has 0 saturated heterocycles. The number of rotatable bonds is 1. The minimum atomic E-state index is -0.439. The van der Waals surface area contributed by atoms with Crippen LogP contribution in [0.2, 0.25) is 10.0 Å². The fourth-order valence-electron chi connectivity index (χ4n) is 1.32. The highest BCUT2D eigenvalue weighted by atomic mass is 35.5. The van der Waals surface area contributed by atoms with Crippen molar-refractivity contribution in [2.45, 2.75) is 6.92 Å². The van der Waals surface area contributed by atoms with Crippen molar-refractivity contribution in [2.24, 2.45) is 0 Å². The van der Waals surface area contributed by atoms with Crippen molar-refractivity contribution in [3.05, 3.63) is 50.8 Å². The Morgan fingerprint density at radius 3 is 2.53 bits per heavy atom. The van der Waals surface area contributed by atoms with Gasteiger partial charge in [-0.15, -0.1) is 0 Å². The molecule has 0 unspecified atom stereocenters. The van der Waals surface area contributed by atoms with E-state index in [1.807, 2.05) is 0 Å². The average molecular weight is 244 g/mol. The fraction of sp³-hybridized carbons (Fsp3) is 0.100. The van der Waals surface area contributed by atoms with E-state index in [-0.39, 0.29) is 0 Å². The maximum Gasteiger partial charge on any atom is 0.423 e. The summed E-state index contributed by atoms with van der Waals surface area (Å²) < 4.78 is 6.17. The molecule has 1 heterocycles. The number of nitrogens with zero attached hydrogens (tertiary/aromatic N) is 1. The molecule has 1 aromatic carbocycles. The molecule has 2 aromatic rings. The van der Waals surface area contributed by atoms with Crippen molar-refractivity contribution in [1.82, 2.24) is 4.57 Å². The van der Waals surface area contributed by atoms with Crippen molar-refractivity contribution >= 4 is 23.2 Å². The molecular formula is C10H7Cl2NO2. The maximum absolute atomic E-state index is 11.4. The molecule has 5 heteroatoms. The molecule has 0 radical (unpaired) electrons. The number of aromatic nitrogens is 1. The summed E-state index contributed by atoms with van der Waals surface area (Å²) in [4.78, 5) is 11.4. The van der Waals surface area contributed by atoms with Gasteiger partial charge in [-0.05, 0) is 25.1 Å². The lowest BCUT2D eigenvalue weighted by Gasteiger charge is -2.03. The van der Waals surface area contributed by atoms with Crippen LogP contribution in [0.25, 0.3) is 5.69 Å². The third-order valence-electron chi connectivity index (χ3n) is 2.03. The lowest BCUT2D eigenvalue weighted by Crippen LogP contribution is -2.13. The van der Waals surface area contributed by atoms with Gasteiger partial charge in [0.15, 0.2) is 0 Å². The Kier molecular flexibility index (Phi) is 2.59. The van der Waals surface area contributed by atoms with Gasteiger partial charge in [-0.25, -0.2) is 9.36 Å². The highest BCUT2D eigenvalue weighted by Gasteiger charge is 2.08. The molecule has 0 aliphatic heterocycles. The van der Waals surface area contributed by atoms with Crippen molar-refractivity contribution < 1.29 is 4.42 Å². The van der Waals surface area contributed by atoms with Gasteiger partial charge in [0.1, 0.15) is 6.26 Å². The third-order valence-corrected chi connectivity index (χ3v) is 2.77. The molecule has 2 rings (SSSR count). The molecule has 0 bridgehead atoms. The van der Waals surface area contributed by atoms with E-state index in [2.05, 4.69) is 0 Å². The molecule has 0 atom stereocenters. The fourth-order valence-corrected chi connectivity index (χ4v) is 1.61. The lowest BCUT2D eigenvalue weighted by molar-refractivity contribution is 0.504. The Hall–Kier alpha value is -1.19. The molecule has 0 spiro atoms. The van der Waals surface area contributed by atoms with Gasteiger partial charge in [0.2, 0.25) is 0 Å². The van der Waals surface area contributed by atoms with Crippen molar-refractivity contribution in [1.29, 1.82) is 0 Å². The predicted molar refractivity (Wildman–Crippen MR) is 59.1 cm³/mol. The molecule has 78 valence electrons. The highest BCUT2D eigenvalue weighted by molar-refractivity contribution is 6.42. The number of benzene rings is 1. The van der Waals surface area contributed by atoms with Gasteiger partial charge in [0.25, 0.3) is 0 Å². The second-order valence-electron chi connectivity index (χ2n) is 3.08. The van der Waals surface area contributed by atoms with Gasteiger partial charge in [0, 0.05) is 0 Å². The first kappa shape index (κ1) is 10.3. The topological polar surface area (TPSA) is 35.1 Å². The molecular weight excluding hydrogens is 237 g/mol. The summed E-state index contributed by atoms with van der Waals surface area (Å²) in [5.41, 5.74) is 1.35. The van der Waals surface area contributed by atoms with Crippen molar-refractivity contribution in [3.63, 3.8) is 0 Å². The smallest absolute Gasteiger partial charge is 0.416 e. The second-order valence-corrected chi connectivity index (χ2v) is 3.89. The molecule has 1 aromatic heterocycles. The summed E-state index contributed by atoms with van der Waals surface area (Å²) in [7, 11) is 0. The number of hydrogen-bond acceptors (Lipinski definition) is 2. The normalized spacial score (nSPS) is 10.6. The Morgan fingerprint density at radius 2 is 2.00 bits per heavy atom. The van der Waals surface area contributed by atoms with Crippen LogP contribution in [0.4, 0.5) is 0 Å². The minimum Gasteiger partial charge on any atom is -0.416 e. The molecule has 0 amide bonds. The van der Waals surface area contributed by atoms with E-state index >= 15 is 0 Å². The third kappa shape index (κ3) is 1.80.